The van der Waals surface area contributed by atoms with Crippen LogP contribution in [0.25, 0.3) is 0 Å². The number of hydrogen-bond donors (Lipinski definition) is 2. The molecule has 3 N–H and O–H groups in total. The van der Waals surface area contributed by atoms with Crippen molar-refractivity contribution in [3.05, 3.63) is 29.8 Å². The van der Waals surface area contributed by atoms with Gasteiger partial charge in [0.15, 0.2) is 0 Å². The Morgan fingerprint density at radius 1 is 1.29 bits per heavy atom. The third-order valence-corrected chi connectivity index (χ3v) is 2.12. The number of aryl methyl sites for hydroxylation is 1. The van der Waals surface area contributed by atoms with Gasteiger partial charge in [-0.15, -0.1) is 0 Å². The lowest BCUT2D eigenvalue weighted by molar-refractivity contribution is 0.780. The molecular weight excluding hydrogens is 172 g/mol. The Hall–Kier alpha value is -1.02. The summed E-state index contributed by atoms with van der Waals surface area (Å²) in [4.78, 5) is 0. The highest BCUT2D eigenvalue weighted by Gasteiger charge is 1.95. The predicted octanol–water partition coefficient (Wildman–Crippen LogP) is 2.40. The summed E-state index contributed by atoms with van der Waals surface area (Å²) in [5.41, 5.74) is 8.21. The Morgan fingerprint density at radius 2 is 1.93 bits per heavy atom. The molecule has 0 saturated carbocycles. The molecule has 0 saturated heterocycles. The van der Waals surface area contributed by atoms with Gasteiger partial charge in [0.25, 0.3) is 0 Å². The minimum absolute atomic E-state index is 0.199. The summed E-state index contributed by atoms with van der Waals surface area (Å²) in [5, 5.41) is 3.29. The van der Waals surface area contributed by atoms with E-state index in [2.05, 4.69) is 36.5 Å². The van der Waals surface area contributed by atoms with Crippen LogP contribution in [0, 0.1) is 0 Å². The van der Waals surface area contributed by atoms with E-state index in [9.17, 15) is 0 Å². The van der Waals surface area contributed by atoms with Gasteiger partial charge in [-0.2, -0.15) is 0 Å². The third-order valence-electron chi connectivity index (χ3n) is 2.12. The molecule has 0 heterocycles. The van der Waals surface area contributed by atoms with Crippen LogP contribution in [0.15, 0.2) is 24.3 Å². The van der Waals surface area contributed by atoms with Crippen molar-refractivity contribution in [1.82, 2.24) is 0 Å². The molecular formula is C12H20N2. The lowest BCUT2D eigenvalue weighted by Crippen LogP contribution is -2.25. The summed E-state index contributed by atoms with van der Waals surface area (Å²) in [6.07, 6.45) is 2.36. The van der Waals surface area contributed by atoms with Crippen molar-refractivity contribution < 1.29 is 0 Å². The molecule has 1 unspecified atom stereocenters. The maximum Gasteiger partial charge on any atom is 0.0340 e. The van der Waals surface area contributed by atoms with Gasteiger partial charge in [-0.1, -0.05) is 25.5 Å². The van der Waals surface area contributed by atoms with Crippen molar-refractivity contribution in [2.24, 2.45) is 5.73 Å². The first-order valence-corrected chi connectivity index (χ1v) is 5.30. The number of benzene rings is 1. The van der Waals surface area contributed by atoms with Crippen molar-refractivity contribution in [3.63, 3.8) is 0 Å². The Morgan fingerprint density at radius 3 is 2.43 bits per heavy atom. The van der Waals surface area contributed by atoms with E-state index in [0.29, 0.717) is 0 Å². The number of anilines is 1. The van der Waals surface area contributed by atoms with E-state index in [1.165, 1.54) is 12.0 Å². The van der Waals surface area contributed by atoms with E-state index in [-0.39, 0.29) is 6.04 Å². The molecule has 0 amide bonds. The van der Waals surface area contributed by atoms with Gasteiger partial charge in [0.1, 0.15) is 0 Å². The largest absolute Gasteiger partial charge is 0.383 e. The molecule has 0 spiro atoms. The third kappa shape index (κ3) is 3.79. The second kappa shape index (κ2) is 5.66. The van der Waals surface area contributed by atoms with Crippen molar-refractivity contribution >= 4 is 5.69 Å². The second-order valence-corrected chi connectivity index (χ2v) is 3.81. The highest BCUT2D eigenvalue weighted by atomic mass is 14.9. The molecule has 2 nitrogen and oxygen atoms in total. The molecule has 0 fully saturated rings. The monoisotopic (exact) mass is 192 g/mol. The van der Waals surface area contributed by atoms with Gasteiger partial charge in [0, 0.05) is 18.3 Å². The number of nitrogens with two attached hydrogens (primary N) is 1. The van der Waals surface area contributed by atoms with Crippen LogP contribution in [0.5, 0.6) is 0 Å². The Labute approximate surface area is 86.5 Å². The van der Waals surface area contributed by atoms with Crippen LogP contribution in [-0.4, -0.2) is 12.6 Å². The fourth-order valence-electron chi connectivity index (χ4n) is 1.36. The minimum Gasteiger partial charge on any atom is -0.383 e. The molecule has 1 atom stereocenters. The average molecular weight is 192 g/mol. The molecule has 14 heavy (non-hydrogen) atoms. The van der Waals surface area contributed by atoms with Crippen molar-refractivity contribution in [3.8, 4) is 0 Å². The molecule has 0 aliphatic rings. The summed E-state index contributed by atoms with van der Waals surface area (Å²) in [6.45, 7) is 5.02. The van der Waals surface area contributed by atoms with Crippen molar-refractivity contribution in [1.29, 1.82) is 0 Å². The van der Waals surface area contributed by atoms with Gasteiger partial charge in [0.05, 0.1) is 0 Å². The average Bonchev–Trinajstić information content (AvgIpc) is 2.17. The molecule has 2 heteroatoms. The normalized spacial score (nSPS) is 12.5. The van der Waals surface area contributed by atoms with E-state index in [4.69, 9.17) is 5.73 Å². The molecule has 78 valence electrons. The summed E-state index contributed by atoms with van der Waals surface area (Å²) in [7, 11) is 0. The predicted molar refractivity (Wildman–Crippen MR) is 62.6 cm³/mol. The van der Waals surface area contributed by atoms with Crippen LogP contribution in [0.3, 0.4) is 0 Å². The molecule has 0 aromatic heterocycles. The van der Waals surface area contributed by atoms with Gasteiger partial charge in [-0.05, 0) is 31.0 Å². The van der Waals surface area contributed by atoms with Gasteiger partial charge in [-0.3, -0.25) is 0 Å². The second-order valence-electron chi connectivity index (χ2n) is 3.81. The SMILES string of the molecule is CCCc1ccc(NCC(C)N)cc1. The summed E-state index contributed by atoms with van der Waals surface area (Å²) >= 11 is 0. The quantitative estimate of drug-likeness (QED) is 0.751. The fraction of sp³-hybridized carbons (Fsp3) is 0.500. The van der Waals surface area contributed by atoms with Crippen molar-refractivity contribution in [2.45, 2.75) is 32.7 Å². The van der Waals surface area contributed by atoms with Crippen LogP contribution in [0.4, 0.5) is 5.69 Å². The Balaban J connectivity index is 2.46. The first kappa shape index (κ1) is 11.1. The number of rotatable bonds is 5. The molecule has 0 radical (unpaired) electrons. The molecule has 0 aliphatic heterocycles. The number of hydrogen-bond acceptors (Lipinski definition) is 2. The van der Waals surface area contributed by atoms with E-state index in [1.54, 1.807) is 0 Å². The molecule has 0 aliphatic carbocycles. The zero-order chi connectivity index (χ0) is 10.4. The topological polar surface area (TPSA) is 38.0 Å². The Kier molecular flexibility index (Phi) is 4.47. The number of nitrogens with one attached hydrogen (secondary N) is 1. The highest BCUT2D eigenvalue weighted by molar-refractivity contribution is 5.44. The summed E-state index contributed by atoms with van der Waals surface area (Å²) in [6, 6.07) is 8.78. The first-order chi connectivity index (χ1) is 6.72. The van der Waals surface area contributed by atoms with Gasteiger partial charge in [-0.25, -0.2) is 0 Å². The molecule has 0 bridgehead atoms. The van der Waals surface area contributed by atoms with Crippen LogP contribution in [0.1, 0.15) is 25.8 Å². The molecule has 1 rings (SSSR count). The Bertz CT molecular complexity index is 252. The van der Waals surface area contributed by atoms with Crippen LogP contribution in [0.2, 0.25) is 0 Å². The van der Waals surface area contributed by atoms with E-state index in [1.807, 2.05) is 6.92 Å². The van der Waals surface area contributed by atoms with E-state index in [0.717, 1.165) is 18.7 Å². The minimum atomic E-state index is 0.199. The van der Waals surface area contributed by atoms with Gasteiger partial charge in [0.2, 0.25) is 0 Å². The smallest absolute Gasteiger partial charge is 0.0340 e. The zero-order valence-electron chi connectivity index (χ0n) is 9.09. The summed E-state index contributed by atoms with van der Waals surface area (Å²) < 4.78 is 0. The fourth-order valence-corrected chi connectivity index (χ4v) is 1.36. The zero-order valence-corrected chi connectivity index (χ0v) is 9.09. The molecule has 1 aromatic carbocycles. The maximum atomic E-state index is 5.66. The standard InChI is InChI=1S/C12H20N2/c1-3-4-11-5-7-12(8-6-11)14-9-10(2)13/h5-8,10,14H,3-4,9,13H2,1-2H3. The van der Waals surface area contributed by atoms with Crippen LogP contribution in [-0.2, 0) is 6.42 Å². The van der Waals surface area contributed by atoms with Gasteiger partial charge >= 0.3 is 0 Å². The first-order valence-electron chi connectivity index (χ1n) is 5.30. The van der Waals surface area contributed by atoms with Gasteiger partial charge < -0.3 is 11.1 Å². The van der Waals surface area contributed by atoms with Crippen LogP contribution >= 0.6 is 0 Å². The summed E-state index contributed by atoms with van der Waals surface area (Å²) in [5.74, 6) is 0. The lowest BCUT2D eigenvalue weighted by Gasteiger charge is -2.09. The van der Waals surface area contributed by atoms with Crippen molar-refractivity contribution in [2.75, 3.05) is 11.9 Å². The van der Waals surface area contributed by atoms with E-state index < -0.39 is 0 Å². The van der Waals surface area contributed by atoms with Crippen LogP contribution < -0.4 is 11.1 Å². The van der Waals surface area contributed by atoms with E-state index >= 15 is 0 Å². The lowest BCUT2D eigenvalue weighted by atomic mass is 10.1. The highest BCUT2D eigenvalue weighted by Crippen LogP contribution is 2.10. The molecule has 1 aromatic rings. The maximum absolute atomic E-state index is 5.66.